The van der Waals surface area contributed by atoms with E-state index in [1.165, 1.54) is 0 Å². The number of pyridine rings is 1. The smallest absolute Gasteiger partial charge is 0.233 e. The van der Waals surface area contributed by atoms with Gasteiger partial charge in [-0.2, -0.15) is 0 Å². The summed E-state index contributed by atoms with van der Waals surface area (Å²) in [6.07, 6.45) is 1.77. The molecule has 1 aromatic carbocycles. The molecule has 0 unspecified atom stereocenters. The fraction of sp³-hybridized carbons (Fsp3) is 0.154. The SMILES string of the molecule is Cc1cnc(Oc2ccc(Cl)c(C)c2)c(Br)c1. The summed E-state index contributed by atoms with van der Waals surface area (Å²) in [7, 11) is 0. The fourth-order valence-electron chi connectivity index (χ4n) is 1.39. The summed E-state index contributed by atoms with van der Waals surface area (Å²) in [5.41, 5.74) is 2.06. The summed E-state index contributed by atoms with van der Waals surface area (Å²) >= 11 is 9.38. The minimum atomic E-state index is 0.553. The minimum absolute atomic E-state index is 0.553. The fourth-order valence-corrected chi connectivity index (χ4v) is 2.05. The molecule has 0 bridgehead atoms. The molecule has 0 spiro atoms. The van der Waals surface area contributed by atoms with Crippen LogP contribution in [0, 0.1) is 13.8 Å². The Hall–Kier alpha value is -1.06. The number of ether oxygens (including phenoxy) is 1. The van der Waals surface area contributed by atoms with Gasteiger partial charge in [0.2, 0.25) is 5.88 Å². The Morgan fingerprint density at radius 3 is 2.65 bits per heavy atom. The van der Waals surface area contributed by atoms with Crippen LogP contribution in [0.5, 0.6) is 11.6 Å². The molecule has 0 N–H and O–H groups in total. The van der Waals surface area contributed by atoms with Gasteiger partial charge in [0.1, 0.15) is 5.75 Å². The molecule has 0 aliphatic carbocycles. The molecule has 2 nitrogen and oxygen atoms in total. The lowest BCUT2D eigenvalue weighted by Crippen LogP contribution is -1.90. The summed E-state index contributed by atoms with van der Waals surface area (Å²) in [6, 6.07) is 7.49. The number of hydrogen-bond donors (Lipinski definition) is 0. The van der Waals surface area contributed by atoms with Crippen LogP contribution in [0.3, 0.4) is 0 Å². The van der Waals surface area contributed by atoms with E-state index in [-0.39, 0.29) is 0 Å². The van der Waals surface area contributed by atoms with Crippen molar-refractivity contribution in [3.05, 3.63) is 51.1 Å². The number of aryl methyl sites for hydroxylation is 2. The molecule has 4 heteroatoms. The minimum Gasteiger partial charge on any atom is -0.438 e. The van der Waals surface area contributed by atoms with Crippen molar-refractivity contribution in [2.45, 2.75) is 13.8 Å². The van der Waals surface area contributed by atoms with Crippen LogP contribution >= 0.6 is 27.5 Å². The van der Waals surface area contributed by atoms with Crippen LogP contribution in [0.25, 0.3) is 0 Å². The van der Waals surface area contributed by atoms with Crippen molar-refractivity contribution >= 4 is 27.5 Å². The summed E-state index contributed by atoms with van der Waals surface area (Å²) in [5.74, 6) is 1.28. The van der Waals surface area contributed by atoms with Gasteiger partial charge in [0, 0.05) is 11.2 Å². The zero-order chi connectivity index (χ0) is 12.4. The number of aromatic nitrogens is 1. The van der Waals surface area contributed by atoms with E-state index in [0.717, 1.165) is 26.4 Å². The molecule has 17 heavy (non-hydrogen) atoms. The van der Waals surface area contributed by atoms with Gasteiger partial charge in [-0.3, -0.25) is 0 Å². The van der Waals surface area contributed by atoms with Gasteiger partial charge < -0.3 is 4.74 Å². The Bertz CT molecular complexity index is 557. The van der Waals surface area contributed by atoms with Crippen LogP contribution in [0.4, 0.5) is 0 Å². The monoisotopic (exact) mass is 311 g/mol. The number of benzene rings is 1. The van der Waals surface area contributed by atoms with E-state index in [2.05, 4.69) is 20.9 Å². The van der Waals surface area contributed by atoms with E-state index in [1.54, 1.807) is 6.20 Å². The normalized spacial score (nSPS) is 10.4. The molecule has 1 aromatic heterocycles. The first-order valence-electron chi connectivity index (χ1n) is 5.12. The number of halogens is 2. The second-order valence-corrected chi connectivity index (χ2v) is 5.07. The summed E-state index contributed by atoms with van der Waals surface area (Å²) in [4.78, 5) is 4.22. The van der Waals surface area contributed by atoms with Crippen LogP contribution in [0.1, 0.15) is 11.1 Å². The largest absolute Gasteiger partial charge is 0.438 e. The van der Waals surface area contributed by atoms with Gasteiger partial charge in [-0.25, -0.2) is 4.98 Å². The van der Waals surface area contributed by atoms with Crippen LogP contribution in [0.2, 0.25) is 5.02 Å². The first kappa shape index (κ1) is 12.4. The van der Waals surface area contributed by atoms with Crippen molar-refractivity contribution in [2.75, 3.05) is 0 Å². The molecule has 2 aromatic rings. The van der Waals surface area contributed by atoms with E-state index in [1.807, 2.05) is 38.1 Å². The highest BCUT2D eigenvalue weighted by Gasteiger charge is 2.05. The van der Waals surface area contributed by atoms with E-state index in [0.29, 0.717) is 5.88 Å². The van der Waals surface area contributed by atoms with Gasteiger partial charge in [-0.1, -0.05) is 11.6 Å². The molecule has 0 fully saturated rings. The first-order chi connectivity index (χ1) is 8.06. The van der Waals surface area contributed by atoms with Crippen LogP contribution in [-0.4, -0.2) is 4.98 Å². The molecule has 0 saturated heterocycles. The molecule has 0 radical (unpaired) electrons. The maximum absolute atomic E-state index is 5.96. The standard InChI is InChI=1S/C13H11BrClNO/c1-8-5-11(14)13(16-7-8)17-10-3-4-12(15)9(2)6-10/h3-7H,1-2H3. The van der Waals surface area contributed by atoms with Gasteiger partial charge in [-0.05, 0) is 65.2 Å². The van der Waals surface area contributed by atoms with Crippen molar-refractivity contribution in [3.8, 4) is 11.6 Å². The quantitative estimate of drug-likeness (QED) is 0.786. The lowest BCUT2D eigenvalue weighted by molar-refractivity contribution is 0.459. The van der Waals surface area contributed by atoms with Crippen molar-refractivity contribution < 1.29 is 4.74 Å². The second kappa shape index (κ2) is 5.07. The van der Waals surface area contributed by atoms with E-state index in [9.17, 15) is 0 Å². The topological polar surface area (TPSA) is 22.1 Å². The van der Waals surface area contributed by atoms with Crippen LogP contribution < -0.4 is 4.74 Å². The van der Waals surface area contributed by atoms with Gasteiger partial charge in [0.05, 0.1) is 4.47 Å². The predicted molar refractivity (Wildman–Crippen MR) is 72.9 cm³/mol. The number of rotatable bonds is 2. The molecule has 0 aliphatic rings. The third-order valence-corrected chi connectivity index (χ3v) is 3.28. The van der Waals surface area contributed by atoms with E-state index in [4.69, 9.17) is 16.3 Å². The Morgan fingerprint density at radius 1 is 1.24 bits per heavy atom. The van der Waals surface area contributed by atoms with Crippen LogP contribution in [0.15, 0.2) is 34.9 Å². The highest BCUT2D eigenvalue weighted by Crippen LogP contribution is 2.29. The average molecular weight is 313 g/mol. The maximum Gasteiger partial charge on any atom is 0.233 e. The maximum atomic E-state index is 5.96. The Morgan fingerprint density at radius 2 is 2.00 bits per heavy atom. The van der Waals surface area contributed by atoms with Gasteiger partial charge in [0.15, 0.2) is 0 Å². The van der Waals surface area contributed by atoms with Crippen molar-refractivity contribution in [1.82, 2.24) is 4.98 Å². The third kappa shape index (κ3) is 2.99. The van der Waals surface area contributed by atoms with Gasteiger partial charge in [-0.15, -0.1) is 0 Å². The zero-order valence-corrected chi connectivity index (χ0v) is 11.8. The average Bonchev–Trinajstić information content (AvgIpc) is 2.27. The predicted octanol–water partition coefficient (Wildman–Crippen LogP) is 4.91. The molecular formula is C13H11BrClNO. The second-order valence-electron chi connectivity index (χ2n) is 3.81. The summed E-state index contributed by atoms with van der Waals surface area (Å²) < 4.78 is 6.52. The first-order valence-corrected chi connectivity index (χ1v) is 6.29. The van der Waals surface area contributed by atoms with Crippen LogP contribution in [-0.2, 0) is 0 Å². The molecule has 0 amide bonds. The van der Waals surface area contributed by atoms with Crippen molar-refractivity contribution in [2.24, 2.45) is 0 Å². The molecule has 1 heterocycles. The molecular weight excluding hydrogens is 302 g/mol. The molecule has 88 valence electrons. The molecule has 0 saturated carbocycles. The zero-order valence-electron chi connectivity index (χ0n) is 9.50. The Labute approximate surface area is 114 Å². The molecule has 0 atom stereocenters. The molecule has 2 rings (SSSR count). The van der Waals surface area contributed by atoms with E-state index >= 15 is 0 Å². The van der Waals surface area contributed by atoms with Gasteiger partial charge >= 0.3 is 0 Å². The summed E-state index contributed by atoms with van der Waals surface area (Å²) in [6.45, 7) is 3.92. The summed E-state index contributed by atoms with van der Waals surface area (Å²) in [5, 5.41) is 0.730. The highest BCUT2D eigenvalue weighted by atomic mass is 79.9. The van der Waals surface area contributed by atoms with Crippen molar-refractivity contribution in [1.29, 1.82) is 0 Å². The molecule has 0 aliphatic heterocycles. The van der Waals surface area contributed by atoms with Crippen molar-refractivity contribution in [3.63, 3.8) is 0 Å². The Balaban J connectivity index is 2.28. The van der Waals surface area contributed by atoms with E-state index < -0.39 is 0 Å². The van der Waals surface area contributed by atoms with Gasteiger partial charge in [0.25, 0.3) is 0 Å². The third-order valence-electron chi connectivity index (χ3n) is 2.29. The lowest BCUT2D eigenvalue weighted by atomic mass is 10.2. The lowest BCUT2D eigenvalue weighted by Gasteiger charge is -2.08. The number of hydrogen-bond acceptors (Lipinski definition) is 2. The highest BCUT2D eigenvalue weighted by molar-refractivity contribution is 9.10. The number of nitrogens with zero attached hydrogens (tertiary/aromatic N) is 1. The Kier molecular flexibility index (Phi) is 3.69.